The minimum absolute atomic E-state index is 0.0556. The van der Waals surface area contributed by atoms with Gasteiger partial charge in [0.15, 0.2) is 0 Å². The van der Waals surface area contributed by atoms with Gasteiger partial charge in [0.05, 0.1) is 18.3 Å². The van der Waals surface area contributed by atoms with Gasteiger partial charge < -0.3 is 16.0 Å². The zero-order valence-electron chi connectivity index (χ0n) is 17.2. The zero-order valence-corrected chi connectivity index (χ0v) is 17.9. The minimum atomic E-state index is -1.27. The lowest BCUT2D eigenvalue weighted by molar-refractivity contribution is -0.141. The van der Waals surface area contributed by atoms with Gasteiger partial charge in [-0.1, -0.05) is 32.4 Å². The largest absolute Gasteiger partial charge is 0.350 e. The molecule has 3 N–H and O–H groups in total. The van der Waals surface area contributed by atoms with Crippen LogP contribution in [0.4, 0.5) is 4.39 Å². The van der Waals surface area contributed by atoms with Crippen molar-refractivity contribution < 1.29 is 14.0 Å². The first-order valence-corrected chi connectivity index (χ1v) is 10.1. The van der Waals surface area contributed by atoms with Gasteiger partial charge in [0, 0.05) is 18.0 Å². The van der Waals surface area contributed by atoms with Gasteiger partial charge in [-0.25, -0.2) is 14.1 Å². The highest BCUT2D eigenvalue weighted by atomic mass is 35.5. The first-order chi connectivity index (χ1) is 14.1. The summed E-state index contributed by atoms with van der Waals surface area (Å²) in [5.74, 6) is -0.858. The van der Waals surface area contributed by atoms with Crippen LogP contribution in [0, 0.1) is 5.41 Å². The summed E-state index contributed by atoms with van der Waals surface area (Å²) in [4.78, 5) is 30.8. The van der Waals surface area contributed by atoms with E-state index in [1.165, 1.54) is 17.6 Å². The predicted octanol–water partition coefficient (Wildman–Crippen LogP) is 1.85. The molecule has 1 fully saturated rings. The van der Waals surface area contributed by atoms with Crippen LogP contribution in [0.1, 0.15) is 32.8 Å². The van der Waals surface area contributed by atoms with Crippen LogP contribution < -0.4 is 11.1 Å². The number of rotatable bonds is 5. The smallest absolute Gasteiger partial charge is 0.243 e. The van der Waals surface area contributed by atoms with Crippen molar-refractivity contribution in [1.29, 1.82) is 0 Å². The number of alkyl halides is 1. The maximum Gasteiger partial charge on any atom is 0.243 e. The van der Waals surface area contributed by atoms with Crippen LogP contribution in [-0.4, -0.2) is 56.3 Å². The molecule has 10 heteroatoms. The number of nitrogens with zero attached hydrogens (tertiary/aromatic N) is 4. The number of amides is 2. The van der Waals surface area contributed by atoms with Gasteiger partial charge in [0.1, 0.15) is 24.9 Å². The summed E-state index contributed by atoms with van der Waals surface area (Å²) in [5, 5.41) is 7.40. The van der Waals surface area contributed by atoms with E-state index in [4.69, 9.17) is 17.3 Å². The first kappa shape index (κ1) is 22.2. The van der Waals surface area contributed by atoms with Crippen LogP contribution in [0.2, 0.25) is 5.02 Å². The Morgan fingerprint density at radius 3 is 2.77 bits per heavy atom. The van der Waals surface area contributed by atoms with Gasteiger partial charge >= 0.3 is 0 Å². The molecule has 3 rings (SSSR count). The molecular weight excluding hydrogens is 411 g/mol. The Balaban J connectivity index is 1.74. The van der Waals surface area contributed by atoms with Crippen LogP contribution in [0.3, 0.4) is 0 Å². The Bertz CT molecular complexity index is 915. The molecule has 2 aromatic rings. The topological polar surface area (TPSA) is 106 Å². The fourth-order valence-corrected chi connectivity index (χ4v) is 3.57. The SMILES string of the molecule is CC(C)(C)[C@@H](N)C(=O)N1C[C@H](F)CC1C(=O)NCc1cc(Cl)ccc1-n1cncn1. The van der Waals surface area contributed by atoms with Gasteiger partial charge in [-0.2, -0.15) is 5.10 Å². The molecule has 3 atom stereocenters. The molecule has 1 aromatic heterocycles. The number of aromatic nitrogens is 3. The summed E-state index contributed by atoms with van der Waals surface area (Å²) < 4.78 is 15.7. The molecule has 0 saturated carbocycles. The quantitative estimate of drug-likeness (QED) is 0.744. The molecular formula is C20H26ClFN6O2. The Labute approximate surface area is 179 Å². The van der Waals surface area contributed by atoms with E-state index in [-0.39, 0.29) is 19.5 Å². The van der Waals surface area contributed by atoms with E-state index in [2.05, 4.69) is 15.4 Å². The fourth-order valence-electron chi connectivity index (χ4n) is 3.38. The van der Waals surface area contributed by atoms with Crippen molar-refractivity contribution in [2.24, 2.45) is 11.1 Å². The fraction of sp³-hybridized carbons (Fsp3) is 0.500. The molecule has 1 unspecified atom stereocenters. The van der Waals surface area contributed by atoms with Crippen molar-refractivity contribution in [3.63, 3.8) is 0 Å². The first-order valence-electron chi connectivity index (χ1n) is 9.69. The maximum atomic E-state index is 14.1. The van der Waals surface area contributed by atoms with E-state index in [1.807, 2.05) is 20.8 Å². The number of carbonyl (C=O) groups is 2. The molecule has 0 aliphatic carbocycles. The molecule has 1 aromatic carbocycles. The molecule has 2 heterocycles. The summed E-state index contributed by atoms with van der Waals surface area (Å²) in [6.07, 6.45) is 1.61. The lowest BCUT2D eigenvalue weighted by Gasteiger charge is -2.32. The third-order valence-corrected chi connectivity index (χ3v) is 5.43. The minimum Gasteiger partial charge on any atom is -0.350 e. The standard InChI is InChI=1S/C20H26ClFN6O2/c1-20(2,3)17(23)19(30)27-9-14(22)7-16(27)18(29)25-8-12-6-13(21)4-5-15(12)28-11-24-10-26-28/h4-6,10-11,14,16-17H,7-9,23H2,1-3H3,(H,25,29)/t14-,16?,17+/m1/s1. The van der Waals surface area contributed by atoms with E-state index < -0.39 is 35.5 Å². The maximum absolute atomic E-state index is 14.1. The predicted molar refractivity (Wildman–Crippen MR) is 111 cm³/mol. The number of nitrogens with one attached hydrogen (secondary N) is 1. The second-order valence-corrected chi connectivity index (χ2v) is 8.95. The van der Waals surface area contributed by atoms with Crippen LogP contribution in [0.25, 0.3) is 5.69 Å². The van der Waals surface area contributed by atoms with E-state index in [0.29, 0.717) is 16.3 Å². The average molecular weight is 437 g/mol. The highest BCUT2D eigenvalue weighted by Crippen LogP contribution is 2.26. The third kappa shape index (κ3) is 4.79. The number of hydrogen-bond donors (Lipinski definition) is 2. The van der Waals surface area contributed by atoms with E-state index in [9.17, 15) is 14.0 Å². The van der Waals surface area contributed by atoms with Crippen LogP contribution in [0.15, 0.2) is 30.9 Å². The zero-order chi connectivity index (χ0) is 22.1. The number of benzene rings is 1. The summed E-state index contributed by atoms with van der Waals surface area (Å²) in [6.45, 7) is 5.49. The van der Waals surface area contributed by atoms with E-state index in [1.54, 1.807) is 22.9 Å². The van der Waals surface area contributed by atoms with Crippen molar-refractivity contribution in [3.8, 4) is 5.69 Å². The summed E-state index contributed by atoms with van der Waals surface area (Å²) in [5.41, 5.74) is 6.97. The molecule has 2 amide bonds. The van der Waals surface area contributed by atoms with E-state index >= 15 is 0 Å². The number of carbonyl (C=O) groups excluding carboxylic acids is 2. The summed E-state index contributed by atoms with van der Waals surface area (Å²) in [6, 6.07) is 3.45. The van der Waals surface area contributed by atoms with E-state index in [0.717, 1.165) is 0 Å². The number of likely N-dealkylation sites (tertiary alicyclic amines) is 1. The molecule has 0 bridgehead atoms. The normalized spacial score (nSPS) is 20.3. The van der Waals surface area contributed by atoms with Gasteiger partial charge in [0.25, 0.3) is 0 Å². The molecule has 30 heavy (non-hydrogen) atoms. The Kier molecular flexibility index (Phi) is 6.42. The molecule has 0 spiro atoms. The molecule has 162 valence electrons. The van der Waals surface area contributed by atoms with Crippen LogP contribution in [-0.2, 0) is 16.1 Å². The van der Waals surface area contributed by atoms with Gasteiger partial charge in [-0.3, -0.25) is 9.59 Å². The number of halogens is 2. The monoisotopic (exact) mass is 436 g/mol. The van der Waals surface area contributed by atoms with Gasteiger partial charge in [0.2, 0.25) is 11.8 Å². The Morgan fingerprint density at radius 2 is 2.13 bits per heavy atom. The van der Waals surface area contributed by atoms with Crippen molar-refractivity contribution in [3.05, 3.63) is 41.4 Å². The van der Waals surface area contributed by atoms with Crippen molar-refractivity contribution in [2.45, 2.75) is 52.0 Å². The molecule has 1 saturated heterocycles. The number of nitrogens with two attached hydrogens (primary N) is 1. The lowest BCUT2D eigenvalue weighted by atomic mass is 9.86. The van der Waals surface area contributed by atoms with Crippen LogP contribution >= 0.6 is 11.6 Å². The lowest BCUT2D eigenvalue weighted by Crippen LogP contribution is -2.54. The molecule has 0 radical (unpaired) electrons. The van der Waals surface area contributed by atoms with Crippen LogP contribution in [0.5, 0.6) is 0 Å². The molecule has 8 nitrogen and oxygen atoms in total. The Morgan fingerprint density at radius 1 is 1.40 bits per heavy atom. The average Bonchev–Trinajstić information content (AvgIpc) is 3.34. The Hall–Kier alpha value is -2.52. The van der Waals surface area contributed by atoms with Crippen molar-refractivity contribution in [1.82, 2.24) is 25.0 Å². The second kappa shape index (κ2) is 8.69. The molecule has 1 aliphatic rings. The second-order valence-electron chi connectivity index (χ2n) is 8.51. The van der Waals surface area contributed by atoms with Gasteiger partial charge in [-0.15, -0.1) is 0 Å². The highest BCUT2D eigenvalue weighted by molar-refractivity contribution is 6.30. The summed E-state index contributed by atoms with van der Waals surface area (Å²) in [7, 11) is 0. The van der Waals surface area contributed by atoms with Gasteiger partial charge in [-0.05, 0) is 29.2 Å². The third-order valence-electron chi connectivity index (χ3n) is 5.20. The van der Waals surface area contributed by atoms with Crippen molar-refractivity contribution in [2.75, 3.05) is 6.54 Å². The highest BCUT2D eigenvalue weighted by Gasteiger charge is 2.43. The van der Waals surface area contributed by atoms with Crippen molar-refractivity contribution >= 4 is 23.4 Å². The summed E-state index contributed by atoms with van der Waals surface area (Å²) >= 11 is 6.11. The number of hydrogen-bond acceptors (Lipinski definition) is 5. The molecule has 1 aliphatic heterocycles.